The Morgan fingerprint density at radius 2 is 1.32 bits per heavy atom. The summed E-state index contributed by atoms with van der Waals surface area (Å²) < 4.78 is 32.4. The molecule has 31 heavy (non-hydrogen) atoms. The molecular weight excluding hydrogens is 414 g/mol. The smallest absolute Gasteiger partial charge is 0.217 e. The fraction of sp³-hybridized carbons (Fsp3) is 0.545. The number of sulfonamides is 1. The van der Waals surface area contributed by atoms with Crippen molar-refractivity contribution in [2.45, 2.75) is 25.7 Å². The normalized spacial score (nSPS) is 18.6. The van der Waals surface area contributed by atoms with Crippen molar-refractivity contribution in [1.29, 1.82) is 0 Å². The van der Waals surface area contributed by atoms with Gasteiger partial charge >= 0.3 is 0 Å². The Labute approximate surface area is 184 Å². The van der Waals surface area contributed by atoms with Gasteiger partial charge in [-0.2, -0.15) is 4.31 Å². The van der Waals surface area contributed by atoms with E-state index in [9.17, 15) is 8.42 Å². The lowest BCUT2D eigenvalue weighted by Gasteiger charge is -2.34. The van der Waals surface area contributed by atoms with Gasteiger partial charge in [0.25, 0.3) is 0 Å². The molecule has 2 aliphatic rings. The molecule has 2 aromatic rings. The van der Waals surface area contributed by atoms with Crippen molar-refractivity contribution >= 4 is 21.7 Å². The predicted octanol–water partition coefficient (Wildman–Crippen LogP) is 2.39. The van der Waals surface area contributed by atoms with E-state index in [1.54, 1.807) is 4.31 Å². The molecule has 2 aliphatic heterocycles. The van der Waals surface area contributed by atoms with Gasteiger partial charge in [-0.25, -0.2) is 8.42 Å². The lowest BCUT2D eigenvalue weighted by molar-refractivity contribution is 0.331. The van der Waals surface area contributed by atoms with Gasteiger partial charge in [-0.3, -0.25) is 0 Å². The van der Waals surface area contributed by atoms with E-state index in [0.717, 1.165) is 24.7 Å². The van der Waals surface area contributed by atoms with Crippen LogP contribution in [0.25, 0.3) is 0 Å². The largest absolute Gasteiger partial charge is 0.492 e. The Bertz CT molecular complexity index is 908. The second kappa shape index (κ2) is 10.3. The van der Waals surface area contributed by atoms with E-state index in [4.69, 9.17) is 4.74 Å². The Kier molecular flexibility index (Phi) is 7.24. The van der Waals surface area contributed by atoms with Crippen LogP contribution in [0.5, 0.6) is 5.75 Å². The Balaban J connectivity index is 1.26. The third-order valence-electron chi connectivity index (χ3n) is 5.88. The van der Waals surface area contributed by atoms with E-state index in [0.29, 0.717) is 31.9 Å². The lowest BCUT2D eigenvalue weighted by atomic mass is 10.2. The summed E-state index contributed by atoms with van der Waals surface area (Å²) in [6.07, 6.45) is 4.98. The minimum absolute atomic E-state index is 0.0216. The molecule has 8 nitrogen and oxygen atoms in total. The molecule has 4 rings (SSSR count). The highest BCUT2D eigenvalue weighted by molar-refractivity contribution is 7.89. The van der Waals surface area contributed by atoms with Crippen molar-refractivity contribution in [3.05, 3.63) is 42.5 Å². The maximum absolute atomic E-state index is 12.7. The van der Waals surface area contributed by atoms with Crippen molar-refractivity contribution in [2.75, 3.05) is 61.4 Å². The predicted molar refractivity (Wildman–Crippen MR) is 122 cm³/mol. The molecule has 2 saturated heterocycles. The van der Waals surface area contributed by atoms with Gasteiger partial charge in [0.1, 0.15) is 12.4 Å². The number of para-hydroxylation sites is 1. The maximum Gasteiger partial charge on any atom is 0.217 e. The molecule has 0 spiro atoms. The van der Waals surface area contributed by atoms with Crippen LogP contribution in [0.3, 0.4) is 0 Å². The maximum atomic E-state index is 12.7. The first-order valence-electron chi connectivity index (χ1n) is 11.1. The van der Waals surface area contributed by atoms with E-state index < -0.39 is 10.0 Å². The molecule has 0 bridgehead atoms. The summed E-state index contributed by atoms with van der Waals surface area (Å²) in [7, 11) is -3.34. The average Bonchev–Trinajstić information content (AvgIpc) is 3.10. The minimum Gasteiger partial charge on any atom is -0.492 e. The van der Waals surface area contributed by atoms with Gasteiger partial charge in [0.15, 0.2) is 11.6 Å². The first-order valence-corrected chi connectivity index (χ1v) is 12.7. The quantitative estimate of drug-likeness (QED) is 0.647. The van der Waals surface area contributed by atoms with Crippen molar-refractivity contribution < 1.29 is 13.2 Å². The SMILES string of the molecule is O=S(=O)(CCOc1ccccc1)N1CCN(c2ccc(N3CCCCCC3)nn2)CC1. The Morgan fingerprint density at radius 1 is 0.742 bits per heavy atom. The molecule has 1 aromatic heterocycles. The van der Waals surface area contributed by atoms with E-state index >= 15 is 0 Å². The van der Waals surface area contributed by atoms with Crippen LogP contribution in [0.4, 0.5) is 11.6 Å². The van der Waals surface area contributed by atoms with Crippen molar-refractivity contribution in [3.63, 3.8) is 0 Å². The van der Waals surface area contributed by atoms with Crippen LogP contribution in [0.1, 0.15) is 25.7 Å². The molecule has 0 saturated carbocycles. The average molecular weight is 446 g/mol. The highest BCUT2D eigenvalue weighted by atomic mass is 32.2. The number of hydrogen-bond acceptors (Lipinski definition) is 7. The van der Waals surface area contributed by atoms with Crippen LogP contribution in [-0.2, 0) is 10.0 Å². The minimum atomic E-state index is -3.34. The van der Waals surface area contributed by atoms with Crippen LogP contribution in [0.2, 0.25) is 0 Å². The molecule has 3 heterocycles. The standard InChI is InChI=1S/C22H31N5O3S/c28-31(29,19-18-30-20-8-4-3-5-9-20)27-16-14-26(15-17-27)22-11-10-21(23-24-22)25-12-6-1-2-7-13-25/h3-5,8-11H,1-2,6-7,12-19H2. The highest BCUT2D eigenvalue weighted by Gasteiger charge is 2.27. The Morgan fingerprint density at radius 3 is 1.90 bits per heavy atom. The number of nitrogens with zero attached hydrogens (tertiary/aromatic N) is 5. The zero-order valence-electron chi connectivity index (χ0n) is 17.9. The molecule has 9 heteroatoms. The van der Waals surface area contributed by atoms with Gasteiger partial charge in [-0.1, -0.05) is 31.0 Å². The number of ether oxygens (including phenoxy) is 1. The molecule has 168 valence electrons. The summed E-state index contributed by atoms with van der Waals surface area (Å²) in [6, 6.07) is 13.3. The van der Waals surface area contributed by atoms with Crippen LogP contribution in [0, 0.1) is 0 Å². The zero-order valence-corrected chi connectivity index (χ0v) is 18.7. The van der Waals surface area contributed by atoms with Crippen molar-refractivity contribution in [1.82, 2.24) is 14.5 Å². The first-order chi connectivity index (χ1) is 15.1. The fourth-order valence-electron chi connectivity index (χ4n) is 4.06. The van der Waals surface area contributed by atoms with E-state index in [1.165, 1.54) is 25.7 Å². The summed E-state index contributed by atoms with van der Waals surface area (Å²) in [5, 5.41) is 8.87. The van der Waals surface area contributed by atoms with E-state index in [1.807, 2.05) is 42.5 Å². The lowest BCUT2D eigenvalue weighted by Crippen LogP contribution is -2.50. The molecule has 0 aliphatic carbocycles. The summed E-state index contributed by atoms with van der Waals surface area (Å²) in [4.78, 5) is 4.41. The van der Waals surface area contributed by atoms with Gasteiger partial charge in [-0.05, 0) is 37.1 Å². The molecule has 0 amide bonds. The van der Waals surface area contributed by atoms with Gasteiger partial charge in [0.2, 0.25) is 10.0 Å². The van der Waals surface area contributed by atoms with Gasteiger partial charge in [0.05, 0.1) is 5.75 Å². The molecule has 0 N–H and O–H groups in total. The number of benzene rings is 1. The summed E-state index contributed by atoms with van der Waals surface area (Å²) in [5.41, 5.74) is 0. The van der Waals surface area contributed by atoms with Gasteiger partial charge in [-0.15, -0.1) is 10.2 Å². The summed E-state index contributed by atoms with van der Waals surface area (Å²) in [5.74, 6) is 2.41. The second-order valence-electron chi connectivity index (χ2n) is 8.01. The molecule has 0 atom stereocenters. The van der Waals surface area contributed by atoms with Crippen LogP contribution >= 0.6 is 0 Å². The first kappa shape index (κ1) is 21.8. The third kappa shape index (κ3) is 5.86. The van der Waals surface area contributed by atoms with Crippen LogP contribution in [0.15, 0.2) is 42.5 Å². The highest BCUT2D eigenvalue weighted by Crippen LogP contribution is 2.20. The molecule has 2 fully saturated rings. The third-order valence-corrected chi connectivity index (χ3v) is 7.71. The van der Waals surface area contributed by atoms with Crippen LogP contribution < -0.4 is 14.5 Å². The van der Waals surface area contributed by atoms with E-state index in [-0.39, 0.29) is 12.4 Å². The topological polar surface area (TPSA) is 78.9 Å². The molecule has 0 radical (unpaired) electrons. The van der Waals surface area contributed by atoms with E-state index in [2.05, 4.69) is 20.0 Å². The molecule has 0 unspecified atom stereocenters. The number of rotatable bonds is 7. The molecular formula is C22H31N5O3S. The van der Waals surface area contributed by atoms with Gasteiger partial charge < -0.3 is 14.5 Å². The zero-order chi connectivity index (χ0) is 21.5. The van der Waals surface area contributed by atoms with Crippen molar-refractivity contribution in [3.8, 4) is 5.75 Å². The fourth-order valence-corrected chi connectivity index (χ4v) is 5.33. The van der Waals surface area contributed by atoms with Gasteiger partial charge in [0, 0.05) is 39.3 Å². The number of anilines is 2. The summed E-state index contributed by atoms with van der Waals surface area (Å²) >= 11 is 0. The monoisotopic (exact) mass is 445 g/mol. The number of hydrogen-bond donors (Lipinski definition) is 0. The Hall–Kier alpha value is -2.39. The second-order valence-corrected chi connectivity index (χ2v) is 10.1. The van der Waals surface area contributed by atoms with Crippen LogP contribution in [-0.4, -0.2) is 74.5 Å². The number of piperazine rings is 1. The summed E-state index contributed by atoms with van der Waals surface area (Å²) in [6.45, 7) is 4.34. The molecule has 1 aromatic carbocycles. The van der Waals surface area contributed by atoms with Crippen molar-refractivity contribution in [2.24, 2.45) is 0 Å². The number of aromatic nitrogens is 2.